The van der Waals surface area contributed by atoms with Crippen LogP contribution in [0.4, 0.5) is 0 Å². The highest BCUT2D eigenvalue weighted by molar-refractivity contribution is 5.83. The van der Waals surface area contributed by atoms with E-state index in [1.807, 2.05) is 57.2 Å². The van der Waals surface area contributed by atoms with E-state index in [-0.39, 0.29) is 5.97 Å². The van der Waals surface area contributed by atoms with Crippen LogP contribution in [0.3, 0.4) is 0 Å². The normalized spacial score (nSPS) is 11.5. The van der Waals surface area contributed by atoms with Crippen molar-refractivity contribution < 1.29 is 9.53 Å². The molecule has 0 fully saturated rings. The van der Waals surface area contributed by atoms with Crippen molar-refractivity contribution in [3.8, 4) is 11.3 Å². The third-order valence-electron chi connectivity index (χ3n) is 4.35. The number of hydrogen-bond donors (Lipinski definition) is 0. The lowest BCUT2D eigenvalue weighted by atomic mass is 9.98. The Bertz CT molecular complexity index is 911. The van der Waals surface area contributed by atoms with Crippen LogP contribution in [0, 0.1) is 0 Å². The van der Waals surface area contributed by atoms with Crippen molar-refractivity contribution >= 4 is 16.9 Å². The van der Waals surface area contributed by atoms with Gasteiger partial charge in [-0.3, -0.25) is 4.79 Å². The van der Waals surface area contributed by atoms with Gasteiger partial charge < -0.3 is 4.74 Å². The fourth-order valence-electron chi connectivity index (χ4n) is 3.17. The van der Waals surface area contributed by atoms with Gasteiger partial charge in [-0.2, -0.15) is 0 Å². The highest BCUT2D eigenvalue weighted by Crippen LogP contribution is 2.27. The van der Waals surface area contributed by atoms with Gasteiger partial charge >= 0.3 is 5.97 Å². The Hall–Kier alpha value is -2.68. The van der Waals surface area contributed by atoms with Gasteiger partial charge in [0, 0.05) is 17.4 Å². The number of hydrogen-bond acceptors (Lipinski definition) is 3. The van der Waals surface area contributed by atoms with E-state index in [0.29, 0.717) is 6.42 Å². The summed E-state index contributed by atoms with van der Waals surface area (Å²) >= 11 is 0. The maximum atomic E-state index is 11.9. The Labute approximate surface area is 161 Å². The molecule has 1 aromatic heterocycles. The van der Waals surface area contributed by atoms with Gasteiger partial charge in [0.25, 0.3) is 0 Å². The number of benzene rings is 2. The van der Waals surface area contributed by atoms with E-state index >= 15 is 0 Å². The molecule has 27 heavy (non-hydrogen) atoms. The van der Waals surface area contributed by atoms with Crippen LogP contribution in [0.2, 0.25) is 0 Å². The molecule has 0 spiro atoms. The van der Waals surface area contributed by atoms with Crippen molar-refractivity contribution in [2.24, 2.45) is 0 Å². The largest absolute Gasteiger partial charge is 0.460 e. The number of aromatic nitrogens is 1. The van der Waals surface area contributed by atoms with Crippen LogP contribution in [-0.4, -0.2) is 16.6 Å². The molecule has 0 radical (unpaired) electrons. The zero-order valence-corrected chi connectivity index (χ0v) is 16.4. The van der Waals surface area contributed by atoms with Gasteiger partial charge in [0.15, 0.2) is 0 Å². The number of rotatable bonds is 6. The number of unbranched alkanes of at least 4 members (excludes halogenated alkanes) is 1. The molecule has 140 valence electrons. The predicted molar refractivity (Wildman–Crippen MR) is 111 cm³/mol. The number of pyridine rings is 1. The molecular formula is C24H27NO2. The van der Waals surface area contributed by atoms with E-state index in [4.69, 9.17) is 9.72 Å². The number of ether oxygens (including phenoxy) is 1. The molecule has 0 amide bonds. The van der Waals surface area contributed by atoms with Gasteiger partial charge in [-0.1, -0.05) is 48.5 Å². The standard InChI is InChI=1S/C24H27NO2/c1-24(2,3)27-22(26)16-10-8-14-20-17-19-13-7-9-15-21(19)25-23(20)18-11-5-4-6-12-18/h4-7,9,11-13,15,17H,8,10,14,16H2,1-3H3. The van der Waals surface area contributed by atoms with Gasteiger partial charge in [-0.05, 0) is 57.7 Å². The zero-order chi connectivity index (χ0) is 19.3. The Morgan fingerprint density at radius 3 is 2.41 bits per heavy atom. The molecule has 0 aliphatic carbocycles. The highest BCUT2D eigenvalue weighted by Gasteiger charge is 2.16. The first-order chi connectivity index (χ1) is 12.9. The molecule has 0 unspecified atom stereocenters. The van der Waals surface area contributed by atoms with Crippen molar-refractivity contribution in [1.82, 2.24) is 4.98 Å². The Morgan fingerprint density at radius 1 is 0.963 bits per heavy atom. The summed E-state index contributed by atoms with van der Waals surface area (Å²) in [7, 11) is 0. The topological polar surface area (TPSA) is 39.2 Å². The van der Waals surface area contributed by atoms with Crippen LogP contribution in [0.5, 0.6) is 0 Å². The molecule has 0 saturated heterocycles. The molecule has 1 heterocycles. The molecule has 0 bridgehead atoms. The van der Waals surface area contributed by atoms with Crippen molar-refractivity contribution in [2.75, 3.05) is 0 Å². The second kappa shape index (κ2) is 8.34. The number of para-hydroxylation sites is 1. The summed E-state index contributed by atoms with van der Waals surface area (Å²) in [5.41, 5.74) is 3.98. The van der Waals surface area contributed by atoms with Crippen LogP contribution in [-0.2, 0) is 16.0 Å². The second-order valence-corrected chi connectivity index (χ2v) is 7.85. The number of aryl methyl sites for hydroxylation is 1. The third-order valence-corrected chi connectivity index (χ3v) is 4.35. The quantitative estimate of drug-likeness (QED) is 0.402. The highest BCUT2D eigenvalue weighted by atomic mass is 16.6. The van der Waals surface area contributed by atoms with Crippen LogP contribution >= 0.6 is 0 Å². The summed E-state index contributed by atoms with van der Waals surface area (Å²) in [4.78, 5) is 16.8. The maximum absolute atomic E-state index is 11.9. The van der Waals surface area contributed by atoms with E-state index < -0.39 is 5.60 Å². The van der Waals surface area contributed by atoms with Crippen LogP contribution in [0.1, 0.15) is 45.6 Å². The van der Waals surface area contributed by atoms with E-state index in [1.54, 1.807) is 0 Å². The molecular weight excluding hydrogens is 334 g/mol. The van der Waals surface area contributed by atoms with Gasteiger partial charge in [-0.25, -0.2) is 4.98 Å². The predicted octanol–water partition coefficient (Wildman–Crippen LogP) is 5.96. The molecule has 3 rings (SSSR count). The summed E-state index contributed by atoms with van der Waals surface area (Å²) in [5, 5.41) is 1.15. The number of fused-ring (bicyclic) bond motifs is 1. The first-order valence-corrected chi connectivity index (χ1v) is 9.58. The lowest BCUT2D eigenvalue weighted by Gasteiger charge is -2.19. The second-order valence-electron chi connectivity index (χ2n) is 7.85. The van der Waals surface area contributed by atoms with E-state index in [1.165, 1.54) is 5.56 Å². The average molecular weight is 361 g/mol. The molecule has 0 aliphatic rings. The lowest BCUT2D eigenvalue weighted by molar-refractivity contribution is -0.154. The Kier molecular flexibility index (Phi) is 5.90. The zero-order valence-electron chi connectivity index (χ0n) is 16.4. The van der Waals surface area contributed by atoms with Crippen LogP contribution < -0.4 is 0 Å². The molecule has 0 aliphatic heterocycles. The minimum Gasteiger partial charge on any atom is -0.460 e. The van der Waals surface area contributed by atoms with Crippen molar-refractivity contribution in [3.63, 3.8) is 0 Å². The maximum Gasteiger partial charge on any atom is 0.306 e. The summed E-state index contributed by atoms with van der Waals surface area (Å²) in [6.45, 7) is 5.70. The van der Waals surface area contributed by atoms with Crippen molar-refractivity contribution in [2.45, 2.75) is 52.1 Å². The molecule has 0 atom stereocenters. The summed E-state index contributed by atoms with van der Waals surface area (Å²) < 4.78 is 5.39. The first-order valence-electron chi connectivity index (χ1n) is 9.58. The van der Waals surface area contributed by atoms with Crippen LogP contribution in [0.15, 0.2) is 60.7 Å². The summed E-state index contributed by atoms with van der Waals surface area (Å²) in [6.07, 6.45) is 3.10. The first kappa shape index (κ1) is 19.1. The Morgan fingerprint density at radius 2 is 1.67 bits per heavy atom. The average Bonchev–Trinajstić information content (AvgIpc) is 2.64. The molecule has 3 nitrogen and oxygen atoms in total. The van der Waals surface area contributed by atoms with Gasteiger partial charge in [0.1, 0.15) is 5.60 Å². The number of carbonyl (C=O) groups excluding carboxylic acids is 1. The minimum absolute atomic E-state index is 0.123. The van der Waals surface area contributed by atoms with Gasteiger partial charge in [0.05, 0.1) is 11.2 Å². The molecule has 3 aromatic rings. The molecule has 2 aromatic carbocycles. The van der Waals surface area contributed by atoms with Gasteiger partial charge in [-0.15, -0.1) is 0 Å². The number of nitrogens with zero attached hydrogens (tertiary/aromatic N) is 1. The number of carbonyl (C=O) groups is 1. The van der Waals surface area contributed by atoms with E-state index in [9.17, 15) is 4.79 Å². The SMILES string of the molecule is CC(C)(C)OC(=O)CCCCc1cc2ccccc2nc1-c1ccccc1. The third kappa shape index (κ3) is 5.40. The lowest BCUT2D eigenvalue weighted by Crippen LogP contribution is -2.23. The smallest absolute Gasteiger partial charge is 0.306 e. The van der Waals surface area contributed by atoms with Crippen molar-refractivity contribution in [1.29, 1.82) is 0 Å². The molecule has 0 saturated carbocycles. The van der Waals surface area contributed by atoms with Crippen molar-refractivity contribution in [3.05, 3.63) is 66.2 Å². The fourth-order valence-corrected chi connectivity index (χ4v) is 3.17. The Balaban J connectivity index is 1.74. The summed E-state index contributed by atoms with van der Waals surface area (Å²) in [6, 6.07) is 20.7. The van der Waals surface area contributed by atoms with Gasteiger partial charge in [0.2, 0.25) is 0 Å². The summed E-state index contributed by atoms with van der Waals surface area (Å²) in [5.74, 6) is -0.123. The molecule has 3 heteroatoms. The monoisotopic (exact) mass is 361 g/mol. The minimum atomic E-state index is -0.417. The molecule has 0 N–H and O–H groups in total. The number of esters is 1. The van der Waals surface area contributed by atoms with E-state index in [0.717, 1.165) is 41.4 Å². The van der Waals surface area contributed by atoms with Crippen LogP contribution in [0.25, 0.3) is 22.2 Å². The van der Waals surface area contributed by atoms with E-state index in [2.05, 4.69) is 24.3 Å². The fraction of sp³-hybridized carbons (Fsp3) is 0.333.